The summed E-state index contributed by atoms with van der Waals surface area (Å²) in [6, 6.07) is 17.4. The summed E-state index contributed by atoms with van der Waals surface area (Å²) >= 11 is 0.187. The van der Waals surface area contributed by atoms with Crippen molar-refractivity contribution in [1.82, 2.24) is 4.98 Å². The fraction of sp³-hybridized carbons (Fsp3) is 0.261. The Hall–Kier alpha value is -1.79. The number of benzene rings is 2. The van der Waals surface area contributed by atoms with Gasteiger partial charge in [0, 0.05) is 0 Å². The molecular formula is C23H23NRh. The number of hydrogen-bond acceptors (Lipinski definition) is 1. The van der Waals surface area contributed by atoms with Crippen LogP contribution in [0.3, 0.4) is 0 Å². The van der Waals surface area contributed by atoms with Crippen LogP contribution in [0.25, 0.3) is 21.7 Å². The predicted octanol–water partition coefficient (Wildman–Crippen LogP) is 5.96. The molecular weight excluding hydrogens is 393 g/mol. The van der Waals surface area contributed by atoms with Gasteiger partial charge in [-0.15, -0.1) is 0 Å². The van der Waals surface area contributed by atoms with Gasteiger partial charge in [0.2, 0.25) is 0 Å². The van der Waals surface area contributed by atoms with Crippen LogP contribution in [-0.4, -0.2) is 4.98 Å². The molecule has 1 aromatic heterocycles. The van der Waals surface area contributed by atoms with Crippen molar-refractivity contribution >= 4 is 26.0 Å². The zero-order valence-corrected chi connectivity index (χ0v) is 17.0. The third-order valence-electron chi connectivity index (χ3n) is 5.85. The summed E-state index contributed by atoms with van der Waals surface area (Å²) in [6.45, 7) is 11.5. The van der Waals surface area contributed by atoms with E-state index in [9.17, 15) is 0 Å². The van der Waals surface area contributed by atoms with E-state index in [0.717, 1.165) is 5.52 Å². The fourth-order valence-corrected chi connectivity index (χ4v) is 6.32. The third kappa shape index (κ3) is 2.50. The van der Waals surface area contributed by atoms with Crippen molar-refractivity contribution < 1.29 is 17.1 Å². The Bertz CT molecular complexity index is 1050. The molecule has 4 rings (SSSR count). The molecule has 0 bridgehead atoms. The third-order valence-corrected chi connectivity index (χ3v) is 8.78. The second-order valence-corrected chi connectivity index (χ2v) is 9.90. The van der Waals surface area contributed by atoms with Gasteiger partial charge in [-0.1, -0.05) is 0 Å². The monoisotopic (exact) mass is 416 g/mol. The van der Waals surface area contributed by atoms with Crippen molar-refractivity contribution in [2.45, 2.75) is 38.6 Å². The Labute approximate surface area is 157 Å². The van der Waals surface area contributed by atoms with E-state index in [-0.39, 0.29) is 21.1 Å². The second-order valence-electron chi connectivity index (χ2n) is 7.01. The molecule has 0 saturated carbocycles. The molecule has 0 aliphatic heterocycles. The molecule has 0 saturated heterocycles. The van der Waals surface area contributed by atoms with Gasteiger partial charge in [0.25, 0.3) is 0 Å². The van der Waals surface area contributed by atoms with Crippen molar-refractivity contribution in [2.75, 3.05) is 0 Å². The minimum absolute atomic E-state index is 0.153. The van der Waals surface area contributed by atoms with Gasteiger partial charge < -0.3 is 0 Å². The number of aromatic nitrogens is 1. The van der Waals surface area contributed by atoms with Gasteiger partial charge >= 0.3 is 158 Å². The average molecular weight is 416 g/mol. The van der Waals surface area contributed by atoms with Crippen LogP contribution < -0.4 is 4.29 Å². The van der Waals surface area contributed by atoms with Crippen LogP contribution in [0.2, 0.25) is 4.01 Å². The first kappa shape index (κ1) is 16.7. The quantitative estimate of drug-likeness (QED) is 0.371. The zero-order valence-electron chi connectivity index (χ0n) is 15.4. The normalized spacial score (nSPS) is 17.3. The average Bonchev–Trinajstić information content (AvgIpc) is 2.77. The van der Waals surface area contributed by atoms with Gasteiger partial charge in [-0.2, -0.15) is 0 Å². The van der Waals surface area contributed by atoms with E-state index in [2.05, 4.69) is 83.1 Å². The first-order valence-electron chi connectivity index (χ1n) is 8.68. The van der Waals surface area contributed by atoms with Gasteiger partial charge in [-0.25, -0.2) is 0 Å². The zero-order chi connectivity index (χ0) is 17.8. The summed E-state index contributed by atoms with van der Waals surface area (Å²) in [5.74, 6) is 0. The maximum atomic E-state index is 5.12. The summed E-state index contributed by atoms with van der Waals surface area (Å²) < 4.78 is 1.40. The maximum absolute atomic E-state index is 5.12. The molecule has 2 heteroatoms. The van der Waals surface area contributed by atoms with Crippen LogP contribution in [-0.2, 0) is 17.1 Å². The van der Waals surface area contributed by atoms with Gasteiger partial charge in [0.15, 0.2) is 0 Å². The van der Waals surface area contributed by atoms with Crippen molar-refractivity contribution in [1.29, 1.82) is 0 Å². The van der Waals surface area contributed by atoms with E-state index in [4.69, 9.17) is 4.98 Å². The van der Waals surface area contributed by atoms with Crippen molar-refractivity contribution in [3.05, 3.63) is 70.8 Å². The number of rotatable bonds is 2. The predicted molar refractivity (Wildman–Crippen MR) is 104 cm³/mol. The van der Waals surface area contributed by atoms with Crippen LogP contribution in [0.5, 0.6) is 0 Å². The summed E-state index contributed by atoms with van der Waals surface area (Å²) in [5.41, 5.74) is 7.11. The van der Waals surface area contributed by atoms with E-state index < -0.39 is 0 Å². The van der Waals surface area contributed by atoms with E-state index in [1.807, 2.05) is 0 Å². The van der Waals surface area contributed by atoms with Gasteiger partial charge in [-0.05, 0) is 0 Å². The number of pyridine rings is 1. The Morgan fingerprint density at radius 2 is 1.36 bits per heavy atom. The topological polar surface area (TPSA) is 12.9 Å². The molecule has 1 aliphatic carbocycles. The van der Waals surface area contributed by atoms with Crippen molar-refractivity contribution in [3.8, 4) is 0 Å². The standard InChI is InChI=1S/C13H8N.C10H15.Rh/c1-2-6-12-10(4-1)7-8-11-5-3-9-14-13(11)12;1-6-7(2)9(4)10(5)8(6)3;/h1-8H;1-5H3;. The number of hydrogen-bond donors (Lipinski definition) is 0. The molecule has 0 radical (unpaired) electrons. The molecule has 0 fully saturated rings. The number of fused-ring (bicyclic) bond motifs is 3. The first-order valence-corrected chi connectivity index (χ1v) is 10.3. The number of nitrogens with zero attached hydrogens (tertiary/aromatic N) is 1. The van der Waals surface area contributed by atoms with Crippen LogP contribution in [0.4, 0.5) is 0 Å². The van der Waals surface area contributed by atoms with Gasteiger partial charge in [-0.3, -0.25) is 0 Å². The second kappa shape index (κ2) is 5.89. The van der Waals surface area contributed by atoms with Crippen LogP contribution in [0, 0.1) is 0 Å². The fourth-order valence-electron chi connectivity index (χ4n) is 3.70. The van der Waals surface area contributed by atoms with E-state index in [0.29, 0.717) is 0 Å². The Balaban J connectivity index is 1.85. The summed E-state index contributed by atoms with van der Waals surface area (Å²) in [6.07, 6.45) is 0. The Morgan fingerprint density at radius 3 is 2.08 bits per heavy atom. The van der Waals surface area contributed by atoms with Crippen molar-refractivity contribution in [2.24, 2.45) is 0 Å². The van der Waals surface area contributed by atoms with Crippen LogP contribution >= 0.6 is 0 Å². The molecule has 0 amide bonds. The Morgan fingerprint density at radius 1 is 0.760 bits per heavy atom. The molecule has 2 aromatic carbocycles. The molecule has 1 nitrogen and oxygen atoms in total. The Kier molecular flexibility index (Phi) is 3.92. The molecule has 3 aromatic rings. The summed E-state index contributed by atoms with van der Waals surface area (Å²) in [7, 11) is 0. The van der Waals surface area contributed by atoms with Crippen LogP contribution in [0.1, 0.15) is 34.6 Å². The van der Waals surface area contributed by atoms with E-state index >= 15 is 0 Å². The van der Waals surface area contributed by atoms with Gasteiger partial charge in [0.1, 0.15) is 0 Å². The molecule has 0 unspecified atom stereocenters. The van der Waals surface area contributed by atoms with Gasteiger partial charge in [0.05, 0.1) is 0 Å². The SMILES string of the molecule is CC1=C(C)[C](C)([Rh][c]2ccc3ccc4ccccc4c3n2)C(C)=C1C. The molecule has 0 spiro atoms. The first-order chi connectivity index (χ1) is 11.9. The molecule has 1 heterocycles. The van der Waals surface area contributed by atoms with E-state index in [1.54, 1.807) is 0 Å². The molecule has 25 heavy (non-hydrogen) atoms. The molecule has 1 aliphatic rings. The molecule has 0 N–H and O–H groups in total. The minimum atomic E-state index is 0.153. The van der Waals surface area contributed by atoms with Crippen LogP contribution in [0.15, 0.2) is 70.8 Å². The summed E-state index contributed by atoms with van der Waals surface area (Å²) in [5, 5.41) is 3.74. The molecule has 0 atom stereocenters. The summed E-state index contributed by atoms with van der Waals surface area (Å²) in [4.78, 5) is 5.12. The number of allylic oxidation sites excluding steroid dienone is 4. The molecule has 129 valence electrons. The van der Waals surface area contributed by atoms with Crippen molar-refractivity contribution in [3.63, 3.8) is 0 Å². The van der Waals surface area contributed by atoms with E-state index in [1.165, 1.54) is 42.7 Å².